The number of carbonyl (C=O) groups excluding carboxylic acids is 1. The van der Waals surface area contributed by atoms with E-state index in [1.54, 1.807) is 0 Å². The van der Waals surface area contributed by atoms with Crippen molar-refractivity contribution in [3.8, 4) is 10.6 Å². The van der Waals surface area contributed by atoms with E-state index >= 15 is 0 Å². The van der Waals surface area contributed by atoms with Gasteiger partial charge in [0.25, 0.3) is 5.91 Å². The summed E-state index contributed by atoms with van der Waals surface area (Å²) in [4.78, 5) is 16.8. The van der Waals surface area contributed by atoms with Gasteiger partial charge in [0.15, 0.2) is 0 Å². The van der Waals surface area contributed by atoms with Crippen LogP contribution in [0.4, 0.5) is 0 Å². The molecule has 1 fully saturated rings. The molecule has 0 saturated carbocycles. The van der Waals surface area contributed by atoms with Gasteiger partial charge in [0.05, 0.1) is 0 Å². The number of hydrogen-bond donors (Lipinski definition) is 2. The quantitative estimate of drug-likeness (QED) is 0.912. The summed E-state index contributed by atoms with van der Waals surface area (Å²) < 4.78 is 0. The van der Waals surface area contributed by atoms with Crippen LogP contribution in [0.25, 0.3) is 10.6 Å². The number of piperidine rings is 1. The predicted molar refractivity (Wildman–Crippen MR) is 90.1 cm³/mol. The van der Waals surface area contributed by atoms with Crippen molar-refractivity contribution in [3.63, 3.8) is 0 Å². The van der Waals surface area contributed by atoms with Gasteiger partial charge in [-0.3, -0.25) is 4.79 Å². The highest BCUT2D eigenvalue weighted by molar-refractivity contribution is 7.13. The van der Waals surface area contributed by atoms with Crippen molar-refractivity contribution in [1.82, 2.24) is 15.6 Å². The Hall–Kier alpha value is -1.72. The molecule has 1 aromatic heterocycles. The molecule has 1 amide bonds. The lowest BCUT2D eigenvalue weighted by Gasteiger charge is -2.34. The summed E-state index contributed by atoms with van der Waals surface area (Å²) in [5, 5.41) is 9.13. The minimum absolute atomic E-state index is 0.0711. The smallest absolute Gasteiger partial charge is 0.270 e. The molecule has 1 aliphatic heterocycles. The number of benzene rings is 1. The average molecular weight is 315 g/mol. The van der Waals surface area contributed by atoms with Gasteiger partial charge in [-0.2, -0.15) is 0 Å². The van der Waals surface area contributed by atoms with E-state index in [-0.39, 0.29) is 11.3 Å². The van der Waals surface area contributed by atoms with Gasteiger partial charge in [-0.15, -0.1) is 11.3 Å². The largest absolute Gasteiger partial charge is 0.350 e. The van der Waals surface area contributed by atoms with Gasteiger partial charge in [0.2, 0.25) is 0 Å². The molecular formula is C17H21N3OS. The van der Waals surface area contributed by atoms with Crippen LogP contribution in [-0.2, 0) is 0 Å². The van der Waals surface area contributed by atoms with Gasteiger partial charge in [0.1, 0.15) is 10.7 Å². The highest BCUT2D eigenvalue weighted by atomic mass is 32.1. The Labute approximate surface area is 135 Å². The molecule has 0 unspecified atom stereocenters. The van der Waals surface area contributed by atoms with Gasteiger partial charge >= 0.3 is 0 Å². The Morgan fingerprint density at radius 1 is 1.32 bits per heavy atom. The van der Waals surface area contributed by atoms with Crippen molar-refractivity contribution < 1.29 is 4.79 Å². The first-order valence-electron chi connectivity index (χ1n) is 7.66. The number of carbonyl (C=O) groups is 1. The minimum Gasteiger partial charge on any atom is -0.350 e. The standard InChI is InChI=1S/C17H21N3OS/c1-17(7-9-18-10-8-17)12-19-15(21)14-11-22-16(20-14)13-5-3-2-4-6-13/h2-6,11,18H,7-10,12H2,1H3,(H,19,21). The summed E-state index contributed by atoms with van der Waals surface area (Å²) in [6.07, 6.45) is 2.19. The van der Waals surface area contributed by atoms with Gasteiger partial charge in [-0.1, -0.05) is 37.3 Å². The van der Waals surface area contributed by atoms with Crippen molar-refractivity contribution in [1.29, 1.82) is 0 Å². The second kappa shape index (κ2) is 6.58. The zero-order valence-electron chi connectivity index (χ0n) is 12.8. The molecule has 4 nitrogen and oxygen atoms in total. The number of nitrogens with one attached hydrogen (secondary N) is 2. The molecule has 0 radical (unpaired) electrons. The summed E-state index contributed by atoms with van der Waals surface area (Å²) in [5.41, 5.74) is 1.76. The SMILES string of the molecule is CC1(CNC(=O)c2csc(-c3ccccc3)n2)CCNCC1. The maximum absolute atomic E-state index is 12.3. The van der Waals surface area contributed by atoms with Gasteiger partial charge < -0.3 is 10.6 Å². The van der Waals surface area contributed by atoms with E-state index in [1.165, 1.54) is 11.3 Å². The van der Waals surface area contributed by atoms with Crippen LogP contribution in [-0.4, -0.2) is 30.5 Å². The van der Waals surface area contributed by atoms with Crippen LogP contribution in [0.2, 0.25) is 0 Å². The maximum Gasteiger partial charge on any atom is 0.270 e. The minimum atomic E-state index is -0.0711. The molecule has 3 rings (SSSR count). The van der Waals surface area contributed by atoms with Crippen LogP contribution in [0.5, 0.6) is 0 Å². The number of nitrogens with zero attached hydrogens (tertiary/aromatic N) is 1. The third-order valence-electron chi connectivity index (χ3n) is 4.24. The van der Waals surface area contributed by atoms with Crippen LogP contribution in [0, 0.1) is 5.41 Å². The first-order chi connectivity index (χ1) is 10.7. The van der Waals surface area contributed by atoms with Gasteiger partial charge in [0, 0.05) is 17.5 Å². The van der Waals surface area contributed by atoms with E-state index < -0.39 is 0 Å². The fraction of sp³-hybridized carbons (Fsp3) is 0.412. The van der Waals surface area contributed by atoms with E-state index in [0.29, 0.717) is 12.2 Å². The van der Waals surface area contributed by atoms with Crippen LogP contribution in [0.1, 0.15) is 30.3 Å². The van der Waals surface area contributed by atoms with E-state index in [4.69, 9.17) is 0 Å². The molecule has 2 N–H and O–H groups in total. The fourth-order valence-corrected chi connectivity index (χ4v) is 3.49. The molecule has 116 valence electrons. The summed E-state index contributed by atoms with van der Waals surface area (Å²) in [6, 6.07) is 9.96. The Morgan fingerprint density at radius 3 is 2.77 bits per heavy atom. The Bertz CT molecular complexity index is 632. The number of amides is 1. The summed E-state index contributed by atoms with van der Waals surface area (Å²) >= 11 is 1.51. The van der Waals surface area contributed by atoms with Crippen LogP contribution in [0.15, 0.2) is 35.7 Å². The second-order valence-corrected chi connectivity index (χ2v) is 7.01. The average Bonchev–Trinajstić information content (AvgIpc) is 3.04. The lowest BCUT2D eigenvalue weighted by atomic mass is 9.81. The summed E-state index contributed by atoms with van der Waals surface area (Å²) in [7, 11) is 0. The van der Waals surface area contributed by atoms with E-state index in [9.17, 15) is 4.79 Å². The van der Waals surface area contributed by atoms with E-state index in [0.717, 1.165) is 36.5 Å². The Morgan fingerprint density at radius 2 is 2.05 bits per heavy atom. The van der Waals surface area contributed by atoms with Crippen molar-refractivity contribution in [2.24, 2.45) is 5.41 Å². The van der Waals surface area contributed by atoms with Gasteiger partial charge in [-0.25, -0.2) is 4.98 Å². The first kappa shape index (κ1) is 15.2. The van der Waals surface area contributed by atoms with E-state index in [1.807, 2.05) is 35.7 Å². The van der Waals surface area contributed by atoms with Crippen molar-refractivity contribution in [3.05, 3.63) is 41.4 Å². The third kappa shape index (κ3) is 3.54. The normalized spacial score (nSPS) is 17.1. The molecule has 0 spiro atoms. The highest BCUT2D eigenvalue weighted by Crippen LogP contribution is 2.27. The van der Waals surface area contributed by atoms with Gasteiger partial charge in [-0.05, 0) is 31.3 Å². The molecule has 2 heterocycles. The molecule has 0 aliphatic carbocycles. The summed E-state index contributed by atoms with van der Waals surface area (Å²) in [5.74, 6) is -0.0711. The molecule has 1 aromatic carbocycles. The maximum atomic E-state index is 12.3. The second-order valence-electron chi connectivity index (χ2n) is 6.15. The topological polar surface area (TPSA) is 54.0 Å². The Kier molecular flexibility index (Phi) is 4.55. The number of thiazole rings is 1. The highest BCUT2D eigenvalue weighted by Gasteiger charge is 2.27. The Balaban J connectivity index is 1.62. The lowest BCUT2D eigenvalue weighted by molar-refractivity contribution is 0.0918. The predicted octanol–water partition coefficient (Wildman–Crippen LogP) is 2.93. The molecule has 1 saturated heterocycles. The van der Waals surface area contributed by atoms with E-state index in [2.05, 4.69) is 22.5 Å². The third-order valence-corrected chi connectivity index (χ3v) is 5.14. The number of aromatic nitrogens is 1. The van der Waals surface area contributed by atoms with Crippen LogP contribution < -0.4 is 10.6 Å². The number of hydrogen-bond acceptors (Lipinski definition) is 4. The molecule has 22 heavy (non-hydrogen) atoms. The van der Waals surface area contributed by atoms with Crippen LogP contribution >= 0.6 is 11.3 Å². The fourth-order valence-electron chi connectivity index (χ4n) is 2.68. The molecule has 0 bridgehead atoms. The molecule has 1 aliphatic rings. The molecule has 0 atom stereocenters. The zero-order chi connectivity index (χ0) is 15.4. The van der Waals surface area contributed by atoms with Crippen molar-refractivity contribution >= 4 is 17.2 Å². The van der Waals surface area contributed by atoms with Crippen molar-refractivity contribution in [2.75, 3.05) is 19.6 Å². The zero-order valence-corrected chi connectivity index (χ0v) is 13.6. The molecule has 5 heteroatoms. The lowest BCUT2D eigenvalue weighted by Crippen LogP contribution is -2.42. The number of rotatable bonds is 4. The van der Waals surface area contributed by atoms with Crippen LogP contribution in [0.3, 0.4) is 0 Å². The summed E-state index contributed by atoms with van der Waals surface area (Å²) in [6.45, 7) is 5.01. The molecule has 2 aromatic rings. The first-order valence-corrected chi connectivity index (χ1v) is 8.54. The molecular weight excluding hydrogens is 294 g/mol. The monoisotopic (exact) mass is 315 g/mol. The van der Waals surface area contributed by atoms with Crippen molar-refractivity contribution in [2.45, 2.75) is 19.8 Å².